The summed E-state index contributed by atoms with van der Waals surface area (Å²) in [6, 6.07) is 24.1. The second-order valence-electron chi connectivity index (χ2n) is 8.97. The van der Waals surface area contributed by atoms with Crippen LogP contribution in [-0.4, -0.2) is 25.7 Å². The molecule has 1 N–H and O–H groups in total. The van der Waals surface area contributed by atoms with Crippen LogP contribution in [0.2, 0.25) is 0 Å². The van der Waals surface area contributed by atoms with Crippen molar-refractivity contribution >= 4 is 29.0 Å². The van der Waals surface area contributed by atoms with Crippen LogP contribution in [0.5, 0.6) is 0 Å². The van der Waals surface area contributed by atoms with Gasteiger partial charge in [-0.05, 0) is 36.2 Å². The number of nitrogens with one attached hydrogen (secondary N) is 1. The Kier molecular flexibility index (Phi) is 8.32. The fourth-order valence-corrected chi connectivity index (χ4v) is 5.83. The number of alkyl halides is 3. The van der Waals surface area contributed by atoms with Crippen molar-refractivity contribution < 1.29 is 18.0 Å². The minimum atomic E-state index is -4.48. The molecule has 2 aromatic heterocycles. The molecule has 0 aliphatic heterocycles. The van der Waals surface area contributed by atoms with E-state index in [2.05, 4.69) is 20.5 Å². The number of amides is 1. The molecule has 11 heteroatoms. The molecule has 0 spiro atoms. The van der Waals surface area contributed by atoms with Crippen molar-refractivity contribution in [1.29, 1.82) is 0 Å². The number of thiazole rings is 1. The normalized spacial score (nSPS) is 12.3. The predicted octanol–water partition coefficient (Wildman–Crippen LogP) is 7.12. The quantitative estimate of drug-likeness (QED) is 0.188. The Bertz CT molecular complexity index is 1590. The van der Waals surface area contributed by atoms with Gasteiger partial charge in [0.25, 0.3) is 5.91 Å². The lowest BCUT2D eigenvalue weighted by Crippen LogP contribution is -2.26. The Morgan fingerprint density at radius 1 is 1.00 bits per heavy atom. The Balaban J connectivity index is 1.35. The Morgan fingerprint density at radius 2 is 1.73 bits per heavy atom. The summed E-state index contributed by atoms with van der Waals surface area (Å²) < 4.78 is 42.1. The lowest BCUT2D eigenvalue weighted by Gasteiger charge is -2.13. The molecule has 5 rings (SSSR count). The third-order valence-corrected chi connectivity index (χ3v) is 8.07. The number of carbonyl (C=O) groups is 1. The van der Waals surface area contributed by atoms with Crippen molar-refractivity contribution in [3.05, 3.63) is 124 Å². The van der Waals surface area contributed by atoms with Crippen LogP contribution in [0.3, 0.4) is 0 Å². The summed E-state index contributed by atoms with van der Waals surface area (Å²) >= 11 is 2.64. The number of aromatic nitrogens is 4. The van der Waals surface area contributed by atoms with Gasteiger partial charge in [0.15, 0.2) is 5.16 Å². The molecule has 2 heterocycles. The smallest absolute Gasteiger partial charge is 0.344 e. The molecule has 3 aromatic carbocycles. The molecule has 0 bridgehead atoms. The topological polar surface area (TPSA) is 72.7 Å². The summed E-state index contributed by atoms with van der Waals surface area (Å²) in [5.41, 5.74) is 1.83. The number of hydrogen-bond donors (Lipinski definition) is 1. The van der Waals surface area contributed by atoms with Crippen LogP contribution >= 0.6 is 23.1 Å². The van der Waals surface area contributed by atoms with Crippen LogP contribution in [0.15, 0.2) is 95.5 Å². The molecule has 0 radical (unpaired) electrons. The SMILES string of the molecule is CC(NC(=O)c1csc(CSc2nnc(Cc3ccccc3)n2-c2cccc(C(F)(F)F)c2)n1)c1ccccc1. The summed E-state index contributed by atoms with van der Waals surface area (Å²) in [6.45, 7) is 1.91. The van der Waals surface area contributed by atoms with E-state index in [1.807, 2.05) is 67.6 Å². The number of benzene rings is 3. The number of hydrogen-bond acceptors (Lipinski definition) is 6. The van der Waals surface area contributed by atoms with E-state index < -0.39 is 11.7 Å². The molecule has 0 aliphatic carbocycles. The van der Waals surface area contributed by atoms with Gasteiger partial charge in [-0.25, -0.2) is 4.98 Å². The van der Waals surface area contributed by atoms with Gasteiger partial charge < -0.3 is 5.32 Å². The second-order valence-corrected chi connectivity index (χ2v) is 10.9. The van der Waals surface area contributed by atoms with Crippen molar-refractivity contribution in [2.75, 3.05) is 0 Å². The van der Waals surface area contributed by atoms with Crippen LogP contribution in [0, 0.1) is 0 Å². The van der Waals surface area contributed by atoms with Gasteiger partial charge in [0.05, 0.1) is 23.0 Å². The number of nitrogens with zero attached hydrogens (tertiary/aromatic N) is 4. The number of thioether (sulfide) groups is 1. The number of rotatable bonds is 9. The van der Waals surface area contributed by atoms with Gasteiger partial charge in [0, 0.05) is 11.8 Å². The fraction of sp³-hybridized carbons (Fsp3) is 0.172. The minimum Gasteiger partial charge on any atom is -0.344 e. The van der Waals surface area contributed by atoms with Gasteiger partial charge in [0.2, 0.25) is 0 Å². The maximum absolute atomic E-state index is 13.5. The average molecular weight is 580 g/mol. The monoisotopic (exact) mass is 579 g/mol. The van der Waals surface area contributed by atoms with E-state index in [4.69, 9.17) is 0 Å². The summed E-state index contributed by atoms with van der Waals surface area (Å²) in [6.07, 6.45) is -4.08. The summed E-state index contributed by atoms with van der Waals surface area (Å²) in [4.78, 5) is 17.2. The highest BCUT2D eigenvalue weighted by atomic mass is 32.2. The summed E-state index contributed by atoms with van der Waals surface area (Å²) in [7, 11) is 0. The van der Waals surface area contributed by atoms with Crippen molar-refractivity contribution in [2.24, 2.45) is 0 Å². The number of halogens is 3. The standard InChI is InChI=1S/C29H24F3N5OS2/c1-19(21-11-6-3-7-12-21)33-27(38)24-17-39-26(34-24)18-40-28-36-35-25(15-20-9-4-2-5-10-20)37(28)23-14-8-13-22(16-23)29(30,31)32/h2-14,16-17,19H,15,18H2,1H3,(H,33,38). The number of carbonyl (C=O) groups excluding carboxylic acids is 1. The van der Waals surface area contributed by atoms with Crippen LogP contribution < -0.4 is 5.32 Å². The summed E-state index contributed by atoms with van der Waals surface area (Å²) in [5.74, 6) is 0.609. The molecule has 0 saturated carbocycles. The zero-order chi connectivity index (χ0) is 28.1. The maximum atomic E-state index is 13.5. The molecular weight excluding hydrogens is 555 g/mol. The Hall–Kier alpha value is -3.96. The van der Waals surface area contributed by atoms with Crippen molar-refractivity contribution in [3.63, 3.8) is 0 Å². The molecule has 0 aliphatic rings. The molecule has 6 nitrogen and oxygen atoms in total. The van der Waals surface area contributed by atoms with E-state index in [0.717, 1.165) is 23.3 Å². The predicted molar refractivity (Wildman–Crippen MR) is 150 cm³/mol. The van der Waals surface area contributed by atoms with Crippen LogP contribution in [-0.2, 0) is 18.3 Å². The largest absolute Gasteiger partial charge is 0.416 e. The van der Waals surface area contributed by atoms with Gasteiger partial charge in [-0.2, -0.15) is 13.2 Å². The highest BCUT2D eigenvalue weighted by molar-refractivity contribution is 7.98. The average Bonchev–Trinajstić information content (AvgIpc) is 3.60. The molecular formula is C29H24F3N5OS2. The van der Waals surface area contributed by atoms with E-state index in [-0.39, 0.29) is 11.9 Å². The van der Waals surface area contributed by atoms with Crippen LogP contribution in [0.25, 0.3) is 5.69 Å². The van der Waals surface area contributed by atoms with Crippen molar-refractivity contribution in [3.8, 4) is 5.69 Å². The molecule has 1 amide bonds. The van der Waals surface area contributed by atoms with Crippen molar-refractivity contribution in [1.82, 2.24) is 25.1 Å². The first-order valence-electron chi connectivity index (χ1n) is 12.4. The van der Waals surface area contributed by atoms with Gasteiger partial charge in [0.1, 0.15) is 16.5 Å². The van der Waals surface area contributed by atoms with E-state index in [1.54, 1.807) is 16.0 Å². The molecule has 5 aromatic rings. The zero-order valence-electron chi connectivity index (χ0n) is 21.3. The first-order chi connectivity index (χ1) is 19.3. The molecule has 204 valence electrons. The highest BCUT2D eigenvalue weighted by Gasteiger charge is 2.31. The highest BCUT2D eigenvalue weighted by Crippen LogP contribution is 2.33. The van der Waals surface area contributed by atoms with Gasteiger partial charge >= 0.3 is 6.18 Å². The third kappa shape index (κ3) is 6.60. The molecule has 1 unspecified atom stereocenters. The van der Waals surface area contributed by atoms with Gasteiger partial charge in [-0.1, -0.05) is 78.5 Å². The lowest BCUT2D eigenvalue weighted by molar-refractivity contribution is -0.137. The Labute approximate surface area is 237 Å². The molecule has 0 fully saturated rings. The molecule has 40 heavy (non-hydrogen) atoms. The van der Waals surface area contributed by atoms with Crippen molar-refractivity contribution in [2.45, 2.75) is 36.5 Å². The lowest BCUT2D eigenvalue weighted by atomic mass is 10.1. The minimum absolute atomic E-state index is 0.178. The first-order valence-corrected chi connectivity index (χ1v) is 14.2. The van der Waals surface area contributed by atoms with Crippen LogP contribution in [0.4, 0.5) is 13.2 Å². The van der Waals surface area contributed by atoms with E-state index in [1.165, 1.54) is 29.2 Å². The maximum Gasteiger partial charge on any atom is 0.416 e. The van der Waals surface area contributed by atoms with E-state index in [0.29, 0.717) is 39.5 Å². The first kappa shape index (κ1) is 27.6. The second kappa shape index (κ2) is 12.1. The Morgan fingerprint density at radius 3 is 2.45 bits per heavy atom. The van der Waals surface area contributed by atoms with Gasteiger partial charge in [-0.3, -0.25) is 9.36 Å². The van der Waals surface area contributed by atoms with E-state index in [9.17, 15) is 18.0 Å². The van der Waals surface area contributed by atoms with E-state index >= 15 is 0 Å². The van der Waals surface area contributed by atoms with Gasteiger partial charge in [-0.15, -0.1) is 21.5 Å². The molecule has 0 saturated heterocycles. The third-order valence-electron chi connectivity index (χ3n) is 6.09. The van der Waals surface area contributed by atoms with Crippen LogP contribution in [0.1, 0.15) is 51.0 Å². The zero-order valence-corrected chi connectivity index (χ0v) is 22.9. The fourth-order valence-electron chi connectivity index (χ4n) is 4.07. The molecule has 1 atom stereocenters. The summed E-state index contributed by atoms with van der Waals surface area (Å²) in [5, 5.41) is 14.4.